The van der Waals surface area contributed by atoms with Crippen molar-refractivity contribution in [2.24, 2.45) is 5.41 Å². The summed E-state index contributed by atoms with van der Waals surface area (Å²) in [5, 5.41) is 9.39. The normalized spacial score (nSPS) is 25.3. The molecule has 17 heavy (non-hydrogen) atoms. The molecule has 1 N–H and O–H groups in total. The number of carbonyl (C=O) groups is 1. The van der Waals surface area contributed by atoms with Crippen LogP contribution in [-0.2, 0) is 4.79 Å². The van der Waals surface area contributed by atoms with Gasteiger partial charge in [-0.1, -0.05) is 13.3 Å². The quantitative estimate of drug-likeness (QED) is 0.680. The highest BCUT2D eigenvalue weighted by molar-refractivity contribution is 7.98. The topological polar surface area (TPSA) is 40.5 Å². The van der Waals surface area contributed by atoms with Gasteiger partial charge in [-0.15, -0.1) is 0 Å². The van der Waals surface area contributed by atoms with Crippen LogP contribution in [0.5, 0.6) is 0 Å². The standard InChI is InChI=1S/C13H25NO2S/c1-3-6-13(12(15)16)7-9-14(11-13)8-4-5-10-17-2/h3-11H2,1-2H3,(H,15,16). The van der Waals surface area contributed by atoms with E-state index in [1.165, 1.54) is 18.6 Å². The van der Waals surface area contributed by atoms with Gasteiger partial charge in [-0.05, 0) is 50.8 Å². The second-order valence-electron chi connectivity index (χ2n) is 5.06. The molecule has 0 aliphatic carbocycles. The third kappa shape index (κ3) is 4.18. The van der Waals surface area contributed by atoms with Gasteiger partial charge in [-0.25, -0.2) is 0 Å². The van der Waals surface area contributed by atoms with Gasteiger partial charge in [0.1, 0.15) is 0 Å². The van der Waals surface area contributed by atoms with Crippen molar-refractivity contribution in [3.8, 4) is 0 Å². The number of rotatable bonds is 8. The van der Waals surface area contributed by atoms with E-state index in [-0.39, 0.29) is 0 Å². The summed E-state index contributed by atoms with van der Waals surface area (Å²) in [6.45, 7) is 4.87. The molecule has 0 aromatic rings. The Kier molecular flexibility index (Phi) is 6.34. The monoisotopic (exact) mass is 259 g/mol. The first-order chi connectivity index (χ1) is 8.14. The van der Waals surface area contributed by atoms with Crippen molar-refractivity contribution >= 4 is 17.7 Å². The summed E-state index contributed by atoms with van der Waals surface area (Å²) in [5.41, 5.74) is -0.450. The second-order valence-corrected chi connectivity index (χ2v) is 6.05. The molecule has 0 aromatic heterocycles. The smallest absolute Gasteiger partial charge is 0.310 e. The fourth-order valence-corrected chi connectivity index (χ4v) is 3.19. The first-order valence-electron chi connectivity index (χ1n) is 6.59. The molecule has 1 fully saturated rings. The molecule has 1 saturated heterocycles. The number of likely N-dealkylation sites (tertiary alicyclic amines) is 1. The van der Waals surface area contributed by atoms with Gasteiger partial charge in [0.2, 0.25) is 0 Å². The molecule has 0 spiro atoms. The van der Waals surface area contributed by atoms with Gasteiger partial charge in [0.25, 0.3) is 0 Å². The van der Waals surface area contributed by atoms with Gasteiger partial charge in [0, 0.05) is 6.54 Å². The SMILES string of the molecule is CCCC1(C(=O)O)CCN(CCCCSC)C1. The predicted molar refractivity (Wildman–Crippen MR) is 73.6 cm³/mol. The third-order valence-electron chi connectivity index (χ3n) is 3.69. The van der Waals surface area contributed by atoms with E-state index < -0.39 is 11.4 Å². The number of carboxylic acid groups (broad SMARTS) is 1. The molecule has 0 saturated carbocycles. The molecule has 0 amide bonds. The lowest BCUT2D eigenvalue weighted by Gasteiger charge is -2.24. The fourth-order valence-electron chi connectivity index (χ4n) is 2.70. The molecule has 1 aliphatic rings. The molecular formula is C13H25NO2S. The minimum Gasteiger partial charge on any atom is -0.481 e. The van der Waals surface area contributed by atoms with Crippen molar-refractivity contribution in [1.82, 2.24) is 4.90 Å². The molecule has 4 heteroatoms. The minimum absolute atomic E-state index is 0.450. The Morgan fingerprint density at radius 3 is 2.82 bits per heavy atom. The van der Waals surface area contributed by atoms with Crippen LogP contribution in [0.25, 0.3) is 0 Å². The van der Waals surface area contributed by atoms with Crippen LogP contribution in [0.4, 0.5) is 0 Å². The van der Waals surface area contributed by atoms with Crippen LogP contribution in [0.15, 0.2) is 0 Å². The predicted octanol–water partition coefficient (Wildman–Crippen LogP) is 2.71. The fraction of sp³-hybridized carbons (Fsp3) is 0.923. The van der Waals surface area contributed by atoms with Crippen LogP contribution in [0, 0.1) is 5.41 Å². The van der Waals surface area contributed by atoms with Gasteiger partial charge in [0.15, 0.2) is 0 Å². The van der Waals surface area contributed by atoms with E-state index in [9.17, 15) is 9.90 Å². The van der Waals surface area contributed by atoms with Crippen LogP contribution in [-0.4, -0.2) is 47.6 Å². The Bertz CT molecular complexity index is 248. The van der Waals surface area contributed by atoms with Gasteiger partial charge in [0.05, 0.1) is 5.41 Å². The summed E-state index contributed by atoms with van der Waals surface area (Å²) in [6.07, 6.45) is 7.19. The minimum atomic E-state index is -0.592. The van der Waals surface area contributed by atoms with Gasteiger partial charge in [-0.2, -0.15) is 11.8 Å². The molecule has 0 radical (unpaired) electrons. The van der Waals surface area contributed by atoms with Gasteiger partial charge < -0.3 is 10.0 Å². The van der Waals surface area contributed by atoms with Crippen molar-refractivity contribution in [2.75, 3.05) is 31.6 Å². The Morgan fingerprint density at radius 1 is 1.47 bits per heavy atom. The molecule has 1 rings (SSSR count). The largest absolute Gasteiger partial charge is 0.481 e. The van der Waals surface area contributed by atoms with E-state index in [1.807, 2.05) is 11.8 Å². The molecule has 1 atom stereocenters. The number of hydrogen-bond donors (Lipinski definition) is 1. The van der Waals surface area contributed by atoms with Crippen molar-refractivity contribution in [1.29, 1.82) is 0 Å². The lowest BCUT2D eigenvalue weighted by molar-refractivity contribution is -0.148. The zero-order chi connectivity index (χ0) is 12.7. The van der Waals surface area contributed by atoms with Crippen molar-refractivity contribution in [3.63, 3.8) is 0 Å². The summed E-state index contributed by atoms with van der Waals surface area (Å²) in [6, 6.07) is 0. The second kappa shape index (κ2) is 7.27. The Morgan fingerprint density at radius 2 is 2.24 bits per heavy atom. The molecule has 1 heterocycles. The van der Waals surface area contributed by atoms with Crippen LogP contribution < -0.4 is 0 Å². The van der Waals surface area contributed by atoms with E-state index >= 15 is 0 Å². The summed E-state index contributed by atoms with van der Waals surface area (Å²) in [5.74, 6) is 0.623. The average molecular weight is 259 g/mol. The van der Waals surface area contributed by atoms with Crippen molar-refractivity contribution in [2.45, 2.75) is 39.0 Å². The van der Waals surface area contributed by atoms with E-state index in [4.69, 9.17) is 0 Å². The number of carboxylic acids is 1. The molecule has 1 aliphatic heterocycles. The molecule has 3 nitrogen and oxygen atoms in total. The Labute approximate surface area is 109 Å². The molecule has 1 unspecified atom stereocenters. The maximum Gasteiger partial charge on any atom is 0.310 e. The van der Waals surface area contributed by atoms with Gasteiger partial charge in [-0.3, -0.25) is 4.79 Å². The summed E-state index contributed by atoms with van der Waals surface area (Å²) < 4.78 is 0. The highest BCUT2D eigenvalue weighted by Crippen LogP contribution is 2.35. The lowest BCUT2D eigenvalue weighted by atomic mass is 9.83. The maximum absolute atomic E-state index is 11.4. The number of hydrogen-bond acceptors (Lipinski definition) is 3. The number of thioether (sulfide) groups is 1. The van der Waals surface area contributed by atoms with E-state index in [0.29, 0.717) is 0 Å². The van der Waals surface area contributed by atoms with Crippen LogP contribution in [0.1, 0.15) is 39.0 Å². The lowest BCUT2D eigenvalue weighted by Crippen LogP contribution is -2.34. The number of nitrogens with zero attached hydrogens (tertiary/aromatic N) is 1. The summed E-state index contributed by atoms with van der Waals surface area (Å²) in [4.78, 5) is 13.7. The zero-order valence-electron chi connectivity index (χ0n) is 11.1. The summed E-state index contributed by atoms with van der Waals surface area (Å²) in [7, 11) is 0. The van der Waals surface area contributed by atoms with Crippen LogP contribution in [0.2, 0.25) is 0 Å². The first kappa shape index (κ1) is 14.8. The number of aliphatic carboxylic acids is 1. The molecule has 0 aromatic carbocycles. The Hall–Kier alpha value is -0.220. The molecule has 100 valence electrons. The van der Waals surface area contributed by atoms with E-state index in [0.717, 1.165) is 38.9 Å². The third-order valence-corrected chi connectivity index (χ3v) is 4.38. The van der Waals surface area contributed by atoms with E-state index in [2.05, 4.69) is 18.1 Å². The zero-order valence-corrected chi connectivity index (χ0v) is 11.9. The maximum atomic E-state index is 11.4. The molecule has 0 bridgehead atoms. The first-order valence-corrected chi connectivity index (χ1v) is 7.98. The summed E-state index contributed by atoms with van der Waals surface area (Å²) >= 11 is 1.88. The van der Waals surface area contributed by atoms with E-state index in [1.54, 1.807) is 0 Å². The van der Waals surface area contributed by atoms with Gasteiger partial charge >= 0.3 is 5.97 Å². The Balaban J connectivity index is 2.35. The highest BCUT2D eigenvalue weighted by Gasteiger charge is 2.43. The number of unbranched alkanes of at least 4 members (excludes halogenated alkanes) is 1. The van der Waals surface area contributed by atoms with Crippen molar-refractivity contribution in [3.05, 3.63) is 0 Å². The van der Waals surface area contributed by atoms with Crippen molar-refractivity contribution < 1.29 is 9.90 Å². The molecular weight excluding hydrogens is 234 g/mol. The van der Waals surface area contributed by atoms with Crippen LogP contribution >= 0.6 is 11.8 Å². The average Bonchev–Trinajstić information content (AvgIpc) is 2.70. The van der Waals surface area contributed by atoms with Crippen LogP contribution in [0.3, 0.4) is 0 Å². The highest BCUT2D eigenvalue weighted by atomic mass is 32.2.